The van der Waals surface area contributed by atoms with Crippen LogP contribution in [0.25, 0.3) is 11.3 Å². The second-order valence-electron chi connectivity index (χ2n) is 4.66. The number of hydrogen-bond acceptors (Lipinski definition) is 2. The summed E-state index contributed by atoms with van der Waals surface area (Å²) in [7, 11) is 0. The van der Waals surface area contributed by atoms with E-state index >= 15 is 0 Å². The van der Waals surface area contributed by atoms with Crippen LogP contribution in [0.3, 0.4) is 0 Å². The molecule has 2 aromatic carbocycles. The maximum absolute atomic E-state index is 13.7. The van der Waals surface area contributed by atoms with Crippen molar-refractivity contribution in [2.75, 3.05) is 0 Å². The number of benzene rings is 2. The molecule has 0 unspecified atom stereocenters. The molecular weight excluding hydrogens is 314 g/mol. The Bertz CT molecular complexity index is 829. The Kier molecular flexibility index (Phi) is 3.94. The first-order chi connectivity index (χ1) is 10.5. The van der Waals surface area contributed by atoms with Crippen LogP contribution in [0.2, 0.25) is 0 Å². The summed E-state index contributed by atoms with van der Waals surface area (Å²) in [6.45, 7) is 0. The van der Waals surface area contributed by atoms with Crippen LogP contribution in [0.5, 0.6) is 0 Å². The molecule has 1 nitrogen and oxygen atoms in total. The number of aromatic nitrogens is 1. The molecule has 0 radical (unpaired) electrons. The molecule has 0 saturated heterocycles. The molecule has 0 fully saturated rings. The SMILES string of the molecule is Fc1ccc(Cc2nc(-c3ccc(F)cc3F)cs2)c(F)c1. The Morgan fingerprint density at radius 3 is 2.23 bits per heavy atom. The van der Waals surface area contributed by atoms with Gasteiger partial charge in [-0.3, -0.25) is 0 Å². The van der Waals surface area contributed by atoms with E-state index in [4.69, 9.17) is 0 Å². The van der Waals surface area contributed by atoms with Crippen LogP contribution in [0, 0.1) is 23.3 Å². The number of rotatable bonds is 3. The summed E-state index contributed by atoms with van der Waals surface area (Å²) in [6, 6.07) is 6.58. The fourth-order valence-electron chi connectivity index (χ4n) is 2.04. The molecule has 22 heavy (non-hydrogen) atoms. The first kappa shape index (κ1) is 14.7. The van der Waals surface area contributed by atoms with Crippen molar-refractivity contribution in [3.8, 4) is 11.3 Å². The van der Waals surface area contributed by atoms with Crippen molar-refractivity contribution < 1.29 is 17.6 Å². The number of hydrogen-bond donors (Lipinski definition) is 0. The number of thiazole rings is 1. The summed E-state index contributed by atoms with van der Waals surface area (Å²) in [5.41, 5.74) is 0.852. The Morgan fingerprint density at radius 1 is 0.864 bits per heavy atom. The largest absolute Gasteiger partial charge is 0.241 e. The lowest BCUT2D eigenvalue weighted by Crippen LogP contribution is -1.94. The summed E-state index contributed by atoms with van der Waals surface area (Å²) in [6.07, 6.45) is 0.180. The third-order valence-electron chi connectivity index (χ3n) is 3.12. The van der Waals surface area contributed by atoms with Crippen molar-refractivity contribution in [3.63, 3.8) is 0 Å². The third kappa shape index (κ3) is 3.01. The average Bonchev–Trinajstić information content (AvgIpc) is 2.90. The fraction of sp³-hybridized carbons (Fsp3) is 0.0625. The van der Waals surface area contributed by atoms with Crippen LogP contribution in [0.1, 0.15) is 10.6 Å². The standard InChI is InChI=1S/C16H9F4NS/c17-10-2-1-9(13(19)6-10)5-16-21-15(8-22-16)12-4-3-11(18)7-14(12)20/h1-4,6-8H,5H2. The van der Waals surface area contributed by atoms with Gasteiger partial charge in [-0.05, 0) is 23.8 Å². The highest BCUT2D eigenvalue weighted by molar-refractivity contribution is 7.10. The van der Waals surface area contributed by atoms with Gasteiger partial charge in [0.2, 0.25) is 0 Å². The summed E-state index contributed by atoms with van der Waals surface area (Å²) in [5.74, 6) is -2.66. The molecule has 6 heteroatoms. The molecule has 0 spiro atoms. The van der Waals surface area contributed by atoms with Gasteiger partial charge in [-0.15, -0.1) is 11.3 Å². The van der Waals surface area contributed by atoms with Crippen molar-refractivity contribution in [2.24, 2.45) is 0 Å². The van der Waals surface area contributed by atoms with Gasteiger partial charge in [-0.1, -0.05) is 6.07 Å². The Labute approximate surface area is 127 Å². The van der Waals surface area contributed by atoms with Crippen LogP contribution in [0.15, 0.2) is 41.8 Å². The van der Waals surface area contributed by atoms with Gasteiger partial charge in [0.05, 0.1) is 10.7 Å². The predicted molar refractivity (Wildman–Crippen MR) is 76.6 cm³/mol. The highest BCUT2D eigenvalue weighted by atomic mass is 32.1. The van der Waals surface area contributed by atoms with E-state index in [1.54, 1.807) is 5.38 Å². The molecule has 112 valence electrons. The van der Waals surface area contributed by atoms with E-state index in [1.807, 2.05) is 0 Å². The quantitative estimate of drug-likeness (QED) is 0.621. The minimum atomic E-state index is -0.704. The van der Waals surface area contributed by atoms with E-state index in [9.17, 15) is 17.6 Å². The first-order valence-corrected chi connectivity index (χ1v) is 7.24. The van der Waals surface area contributed by atoms with Crippen molar-refractivity contribution in [3.05, 3.63) is 75.6 Å². The lowest BCUT2D eigenvalue weighted by Gasteiger charge is -2.01. The molecule has 3 aromatic rings. The summed E-state index contributed by atoms with van der Waals surface area (Å²) in [4.78, 5) is 4.23. The van der Waals surface area contributed by atoms with Gasteiger partial charge in [0, 0.05) is 29.5 Å². The Hall–Kier alpha value is -2.21. The maximum Gasteiger partial charge on any atom is 0.135 e. The average molecular weight is 323 g/mol. The molecule has 1 heterocycles. The molecule has 0 saturated carbocycles. The van der Waals surface area contributed by atoms with E-state index < -0.39 is 23.3 Å². The van der Waals surface area contributed by atoms with Crippen LogP contribution in [-0.4, -0.2) is 4.98 Å². The second kappa shape index (κ2) is 5.88. The molecule has 0 aliphatic heterocycles. The van der Waals surface area contributed by atoms with Gasteiger partial charge in [-0.25, -0.2) is 22.5 Å². The predicted octanol–water partition coefficient (Wildman–Crippen LogP) is 4.96. The van der Waals surface area contributed by atoms with Gasteiger partial charge in [0.25, 0.3) is 0 Å². The van der Waals surface area contributed by atoms with E-state index in [0.29, 0.717) is 16.3 Å². The lowest BCUT2D eigenvalue weighted by molar-refractivity contribution is 0.574. The molecular formula is C16H9F4NS. The van der Waals surface area contributed by atoms with E-state index in [1.165, 1.54) is 29.5 Å². The van der Waals surface area contributed by atoms with Gasteiger partial charge in [-0.2, -0.15) is 0 Å². The van der Waals surface area contributed by atoms with Gasteiger partial charge in [0.15, 0.2) is 0 Å². The van der Waals surface area contributed by atoms with Crippen molar-refractivity contribution >= 4 is 11.3 Å². The zero-order valence-corrected chi connectivity index (χ0v) is 11.9. The summed E-state index contributed by atoms with van der Waals surface area (Å²) >= 11 is 1.23. The third-order valence-corrected chi connectivity index (χ3v) is 3.96. The second-order valence-corrected chi connectivity index (χ2v) is 5.61. The minimum Gasteiger partial charge on any atom is -0.241 e. The molecule has 3 rings (SSSR count). The van der Waals surface area contributed by atoms with E-state index in [-0.39, 0.29) is 12.0 Å². The van der Waals surface area contributed by atoms with Crippen LogP contribution < -0.4 is 0 Å². The molecule has 0 bridgehead atoms. The highest BCUT2D eigenvalue weighted by Crippen LogP contribution is 2.26. The monoisotopic (exact) mass is 323 g/mol. The summed E-state index contributed by atoms with van der Waals surface area (Å²) in [5, 5.41) is 2.18. The topological polar surface area (TPSA) is 12.9 Å². The number of nitrogens with zero attached hydrogens (tertiary/aromatic N) is 1. The molecule has 0 aliphatic rings. The molecule has 0 atom stereocenters. The van der Waals surface area contributed by atoms with Crippen LogP contribution in [0.4, 0.5) is 17.6 Å². The Balaban J connectivity index is 1.87. The van der Waals surface area contributed by atoms with Gasteiger partial charge >= 0.3 is 0 Å². The zero-order valence-electron chi connectivity index (χ0n) is 11.1. The molecule has 0 amide bonds. The summed E-state index contributed by atoms with van der Waals surface area (Å²) < 4.78 is 53.1. The van der Waals surface area contributed by atoms with Crippen molar-refractivity contribution in [2.45, 2.75) is 6.42 Å². The number of halogens is 4. The smallest absolute Gasteiger partial charge is 0.135 e. The van der Waals surface area contributed by atoms with Crippen LogP contribution >= 0.6 is 11.3 Å². The highest BCUT2D eigenvalue weighted by Gasteiger charge is 2.12. The maximum atomic E-state index is 13.7. The lowest BCUT2D eigenvalue weighted by atomic mass is 10.1. The zero-order chi connectivity index (χ0) is 15.7. The Morgan fingerprint density at radius 2 is 1.55 bits per heavy atom. The normalized spacial score (nSPS) is 10.9. The first-order valence-electron chi connectivity index (χ1n) is 6.36. The molecule has 1 aromatic heterocycles. The fourth-order valence-corrected chi connectivity index (χ4v) is 2.86. The van der Waals surface area contributed by atoms with Gasteiger partial charge in [0.1, 0.15) is 23.3 Å². The van der Waals surface area contributed by atoms with E-state index in [2.05, 4.69) is 4.98 Å². The van der Waals surface area contributed by atoms with Crippen molar-refractivity contribution in [1.29, 1.82) is 0 Å². The molecule has 0 N–H and O–H groups in total. The van der Waals surface area contributed by atoms with Crippen LogP contribution in [-0.2, 0) is 6.42 Å². The minimum absolute atomic E-state index is 0.180. The van der Waals surface area contributed by atoms with Crippen molar-refractivity contribution in [1.82, 2.24) is 4.98 Å². The van der Waals surface area contributed by atoms with Gasteiger partial charge < -0.3 is 0 Å². The van der Waals surface area contributed by atoms with E-state index in [0.717, 1.165) is 18.2 Å². The molecule has 0 aliphatic carbocycles.